The van der Waals surface area contributed by atoms with E-state index in [1.807, 2.05) is 24.3 Å². The molecule has 2 aromatic heterocycles. The fourth-order valence-electron chi connectivity index (χ4n) is 4.65. The van der Waals surface area contributed by atoms with Crippen LogP contribution < -0.4 is 0 Å². The lowest BCUT2D eigenvalue weighted by Gasteiger charge is -2.38. The predicted octanol–water partition coefficient (Wildman–Crippen LogP) is 4.60. The van der Waals surface area contributed by atoms with Crippen molar-refractivity contribution in [3.05, 3.63) is 65.6 Å². The lowest BCUT2D eigenvalue weighted by Crippen LogP contribution is -2.50. The van der Waals surface area contributed by atoms with E-state index in [1.165, 1.54) is 0 Å². The first-order chi connectivity index (χ1) is 15.6. The van der Waals surface area contributed by atoms with Crippen LogP contribution in [0.1, 0.15) is 37.1 Å². The average Bonchev–Trinajstić information content (AvgIpc) is 3.15. The largest absolute Gasteiger partial charge is 0.417 e. The van der Waals surface area contributed by atoms with Gasteiger partial charge in [0.2, 0.25) is 0 Å². The molecule has 0 saturated carbocycles. The van der Waals surface area contributed by atoms with Gasteiger partial charge in [0.15, 0.2) is 5.60 Å². The van der Waals surface area contributed by atoms with Gasteiger partial charge in [0.1, 0.15) is 0 Å². The number of rotatable bonds is 7. The number of aromatic amines is 1. The maximum absolute atomic E-state index is 14.2. The summed E-state index contributed by atoms with van der Waals surface area (Å²) in [7, 11) is 0. The standard InChI is InChI=1S/C25H30F3N3O2/c1-23(2,20-5-3-4-18(12-20)16-31-8-10-33-11-9-31)17-24(32,25(26,27)28)14-21-13-19-6-7-29-15-22(19)30-21/h3-7,12-13,15,30,32H,8-11,14,16-17H2,1-2H3. The molecule has 1 aliphatic rings. The normalized spacial score (nSPS) is 17.9. The summed E-state index contributed by atoms with van der Waals surface area (Å²) < 4.78 is 47.9. The van der Waals surface area contributed by atoms with Gasteiger partial charge in [-0.15, -0.1) is 0 Å². The molecule has 1 aliphatic heterocycles. The van der Waals surface area contributed by atoms with Crippen LogP contribution in [0.3, 0.4) is 0 Å². The molecule has 0 spiro atoms. The molecule has 0 radical (unpaired) electrons. The van der Waals surface area contributed by atoms with Crippen molar-refractivity contribution in [2.45, 2.75) is 50.4 Å². The Bertz CT molecular complexity index is 1060. The van der Waals surface area contributed by atoms with Gasteiger partial charge in [-0.25, -0.2) is 0 Å². The third-order valence-corrected chi connectivity index (χ3v) is 6.44. The van der Waals surface area contributed by atoms with Crippen LogP contribution in [0.25, 0.3) is 10.9 Å². The van der Waals surface area contributed by atoms with E-state index < -0.39 is 30.0 Å². The van der Waals surface area contributed by atoms with Crippen molar-refractivity contribution in [2.75, 3.05) is 26.3 Å². The number of nitrogens with one attached hydrogen (secondary N) is 1. The van der Waals surface area contributed by atoms with Gasteiger partial charge in [0, 0.05) is 43.3 Å². The molecule has 8 heteroatoms. The quantitative estimate of drug-likeness (QED) is 0.540. The van der Waals surface area contributed by atoms with E-state index in [0.29, 0.717) is 24.4 Å². The molecule has 0 amide bonds. The van der Waals surface area contributed by atoms with Crippen molar-refractivity contribution < 1.29 is 23.0 Å². The van der Waals surface area contributed by atoms with Gasteiger partial charge in [-0.3, -0.25) is 9.88 Å². The summed E-state index contributed by atoms with van der Waals surface area (Å²) in [5.74, 6) is 0. The van der Waals surface area contributed by atoms with Crippen molar-refractivity contribution >= 4 is 10.9 Å². The second-order valence-electron chi connectivity index (χ2n) is 9.61. The smallest absolute Gasteiger partial charge is 0.380 e. The molecular weight excluding hydrogens is 431 g/mol. The number of aromatic nitrogens is 2. The van der Waals surface area contributed by atoms with Crippen molar-refractivity contribution in [1.82, 2.24) is 14.9 Å². The molecule has 0 bridgehead atoms. The maximum Gasteiger partial charge on any atom is 0.417 e. The number of H-pyrrole nitrogens is 1. The molecule has 3 heterocycles. The molecule has 1 aromatic carbocycles. The number of benzene rings is 1. The Morgan fingerprint density at radius 1 is 1.12 bits per heavy atom. The molecule has 5 nitrogen and oxygen atoms in total. The summed E-state index contributed by atoms with van der Waals surface area (Å²) in [6.07, 6.45) is -2.65. The second kappa shape index (κ2) is 9.08. The third-order valence-electron chi connectivity index (χ3n) is 6.44. The summed E-state index contributed by atoms with van der Waals surface area (Å²) in [5, 5.41) is 11.7. The highest BCUT2D eigenvalue weighted by atomic mass is 19.4. The van der Waals surface area contributed by atoms with E-state index in [1.54, 1.807) is 38.4 Å². The Hall–Kier alpha value is -2.42. The summed E-state index contributed by atoms with van der Waals surface area (Å²) >= 11 is 0. The number of fused-ring (bicyclic) bond motifs is 1. The minimum Gasteiger partial charge on any atom is -0.380 e. The lowest BCUT2D eigenvalue weighted by molar-refractivity contribution is -0.266. The van der Waals surface area contributed by atoms with Crippen LogP contribution in [0.2, 0.25) is 0 Å². The number of pyridine rings is 1. The van der Waals surface area contributed by atoms with Crippen molar-refractivity contribution in [3.8, 4) is 0 Å². The van der Waals surface area contributed by atoms with Crippen molar-refractivity contribution in [2.24, 2.45) is 0 Å². The Morgan fingerprint density at radius 2 is 1.88 bits per heavy atom. The van der Waals surface area contributed by atoms with Gasteiger partial charge in [0.25, 0.3) is 0 Å². The number of halogens is 3. The van der Waals surface area contributed by atoms with Crippen LogP contribution in [0.5, 0.6) is 0 Å². The third kappa shape index (κ3) is 5.39. The molecule has 33 heavy (non-hydrogen) atoms. The molecule has 1 unspecified atom stereocenters. The molecule has 178 valence electrons. The monoisotopic (exact) mass is 461 g/mol. The van der Waals surface area contributed by atoms with Gasteiger partial charge in [-0.05, 0) is 35.1 Å². The Morgan fingerprint density at radius 3 is 2.58 bits per heavy atom. The first-order valence-corrected chi connectivity index (χ1v) is 11.2. The number of morpholine rings is 1. The number of ether oxygens (including phenoxy) is 1. The zero-order valence-corrected chi connectivity index (χ0v) is 19.0. The van der Waals surface area contributed by atoms with Crippen LogP contribution in [-0.2, 0) is 23.1 Å². The topological polar surface area (TPSA) is 61.4 Å². The summed E-state index contributed by atoms with van der Waals surface area (Å²) in [6.45, 7) is 7.28. The minimum atomic E-state index is -4.79. The average molecular weight is 462 g/mol. The van der Waals surface area contributed by atoms with Crippen LogP contribution >= 0.6 is 0 Å². The zero-order valence-electron chi connectivity index (χ0n) is 19.0. The second-order valence-corrected chi connectivity index (χ2v) is 9.61. The maximum atomic E-state index is 14.2. The molecular formula is C25H30F3N3O2. The van der Waals surface area contributed by atoms with E-state index in [0.717, 1.165) is 36.1 Å². The number of aliphatic hydroxyl groups is 1. The van der Waals surface area contributed by atoms with Crippen LogP contribution in [0, 0.1) is 0 Å². The van der Waals surface area contributed by atoms with Crippen LogP contribution in [0.4, 0.5) is 13.2 Å². The zero-order chi connectivity index (χ0) is 23.7. The predicted molar refractivity (Wildman–Crippen MR) is 121 cm³/mol. The van der Waals surface area contributed by atoms with Gasteiger partial charge in [0.05, 0.1) is 24.9 Å². The number of hydrogen-bond acceptors (Lipinski definition) is 4. The lowest BCUT2D eigenvalue weighted by atomic mass is 9.73. The first-order valence-electron chi connectivity index (χ1n) is 11.2. The minimum absolute atomic E-state index is 0.328. The molecule has 1 atom stereocenters. The molecule has 0 aliphatic carbocycles. The highest BCUT2D eigenvalue weighted by molar-refractivity contribution is 5.79. The van der Waals surface area contributed by atoms with Gasteiger partial charge < -0.3 is 14.8 Å². The Balaban J connectivity index is 1.56. The molecule has 1 saturated heterocycles. The van der Waals surface area contributed by atoms with Crippen LogP contribution in [0.15, 0.2) is 48.8 Å². The molecule has 2 N–H and O–H groups in total. The molecule has 1 fully saturated rings. The van der Waals surface area contributed by atoms with E-state index in [9.17, 15) is 18.3 Å². The van der Waals surface area contributed by atoms with E-state index in [2.05, 4.69) is 14.9 Å². The highest BCUT2D eigenvalue weighted by Gasteiger charge is 2.56. The Labute approximate surface area is 191 Å². The summed E-state index contributed by atoms with van der Waals surface area (Å²) in [5.41, 5.74) is -0.996. The van der Waals surface area contributed by atoms with Crippen molar-refractivity contribution in [3.63, 3.8) is 0 Å². The number of hydrogen-bond donors (Lipinski definition) is 2. The van der Waals surface area contributed by atoms with E-state index in [-0.39, 0.29) is 0 Å². The van der Waals surface area contributed by atoms with Crippen molar-refractivity contribution in [1.29, 1.82) is 0 Å². The van der Waals surface area contributed by atoms with Gasteiger partial charge in [-0.1, -0.05) is 38.1 Å². The summed E-state index contributed by atoms with van der Waals surface area (Å²) in [6, 6.07) is 11.0. The van der Waals surface area contributed by atoms with E-state index >= 15 is 0 Å². The van der Waals surface area contributed by atoms with Gasteiger partial charge in [-0.2, -0.15) is 13.2 Å². The SMILES string of the molecule is CC(C)(CC(O)(Cc1cc2ccncc2[nH]1)C(F)(F)F)c1cccc(CN2CCOCC2)c1. The fraction of sp³-hybridized carbons (Fsp3) is 0.480. The highest BCUT2D eigenvalue weighted by Crippen LogP contribution is 2.43. The molecule has 4 rings (SSSR count). The van der Waals surface area contributed by atoms with Gasteiger partial charge >= 0.3 is 6.18 Å². The number of nitrogens with zero attached hydrogens (tertiary/aromatic N) is 2. The first kappa shape index (κ1) is 23.7. The van der Waals surface area contributed by atoms with E-state index in [4.69, 9.17) is 4.74 Å². The number of alkyl halides is 3. The fourth-order valence-corrected chi connectivity index (χ4v) is 4.65. The van der Waals surface area contributed by atoms with Crippen LogP contribution in [-0.4, -0.2) is 58.1 Å². The summed E-state index contributed by atoms with van der Waals surface area (Å²) in [4.78, 5) is 9.23. The molecule has 3 aromatic rings. The Kier molecular flexibility index (Phi) is 6.53.